The van der Waals surface area contributed by atoms with Gasteiger partial charge in [-0.25, -0.2) is 4.79 Å². The average molecular weight is 271 g/mol. The Morgan fingerprint density at radius 2 is 2.00 bits per heavy atom. The molecular formula is C13H25N3O3. The number of likely N-dealkylation sites (N-methyl/N-ethyl adjacent to an activating group) is 1. The molecule has 1 aliphatic rings. The van der Waals surface area contributed by atoms with Gasteiger partial charge in [-0.1, -0.05) is 0 Å². The molecule has 1 heterocycles. The lowest BCUT2D eigenvalue weighted by atomic mass is 10.2. The molecule has 0 aliphatic carbocycles. The van der Waals surface area contributed by atoms with E-state index in [0.717, 1.165) is 6.42 Å². The highest BCUT2D eigenvalue weighted by molar-refractivity contribution is 5.81. The number of carbonyl (C=O) groups is 2. The number of carbonyl (C=O) groups excluding carboxylic acids is 2. The van der Waals surface area contributed by atoms with Gasteiger partial charge in [0.2, 0.25) is 5.91 Å². The van der Waals surface area contributed by atoms with E-state index in [1.54, 1.807) is 23.8 Å². The third kappa shape index (κ3) is 4.38. The maximum Gasteiger partial charge on any atom is 0.410 e. The fraction of sp³-hybridized carbons (Fsp3) is 0.846. The quantitative estimate of drug-likeness (QED) is 0.806. The highest BCUT2D eigenvalue weighted by Gasteiger charge is 2.33. The van der Waals surface area contributed by atoms with Crippen LogP contribution < -0.4 is 5.73 Å². The third-order valence-corrected chi connectivity index (χ3v) is 3.10. The summed E-state index contributed by atoms with van der Waals surface area (Å²) in [5, 5.41) is 0. The largest absolute Gasteiger partial charge is 0.444 e. The van der Waals surface area contributed by atoms with Crippen molar-refractivity contribution in [2.24, 2.45) is 5.73 Å². The second kappa shape index (κ2) is 5.77. The monoisotopic (exact) mass is 271 g/mol. The molecule has 1 rings (SSSR count). The second-order valence-electron chi connectivity index (χ2n) is 6.11. The van der Waals surface area contributed by atoms with Crippen molar-refractivity contribution in [1.82, 2.24) is 9.80 Å². The van der Waals surface area contributed by atoms with Crippen LogP contribution in [-0.2, 0) is 9.53 Å². The lowest BCUT2D eigenvalue weighted by molar-refractivity contribution is -0.132. The van der Waals surface area contributed by atoms with E-state index in [1.807, 2.05) is 20.8 Å². The van der Waals surface area contributed by atoms with Gasteiger partial charge in [-0.2, -0.15) is 0 Å². The van der Waals surface area contributed by atoms with Crippen LogP contribution in [0.1, 0.15) is 34.1 Å². The second-order valence-corrected chi connectivity index (χ2v) is 6.11. The molecule has 0 aromatic heterocycles. The van der Waals surface area contributed by atoms with Crippen LogP contribution in [0, 0.1) is 0 Å². The van der Waals surface area contributed by atoms with Crippen molar-refractivity contribution in [3.63, 3.8) is 0 Å². The van der Waals surface area contributed by atoms with Crippen molar-refractivity contribution >= 4 is 12.0 Å². The normalized spacial score (nSPS) is 21.2. The summed E-state index contributed by atoms with van der Waals surface area (Å²) in [5.41, 5.74) is 5.09. The first-order valence-electron chi connectivity index (χ1n) is 6.62. The van der Waals surface area contributed by atoms with E-state index < -0.39 is 11.6 Å². The first-order chi connectivity index (χ1) is 8.61. The van der Waals surface area contributed by atoms with Crippen molar-refractivity contribution in [1.29, 1.82) is 0 Å². The van der Waals surface area contributed by atoms with Gasteiger partial charge in [-0.05, 0) is 34.1 Å². The molecule has 0 spiro atoms. The first-order valence-corrected chi connectivity index (χ1v) is 6.62. The zero-order valence-corrected chi connectivity index (χ0v) is 12.5. The Labute approximate surface area is 114 Å². The van der Waals surface area contributed by atoms with Crippen LogP contribution in [0.4, 0.5) is 4.79 Å². The number of rotatable bonds is 2. The maximum absolute atomic E-state index is 11.9. The summed E-state index contributed by atoms with van der Waals surface area (Å²) < 4.78 is 5.32. The van der Waals surface area contributed by atoms with Crippen molar-refractivity contribution in [3.05, 3.63) is 0 Å². The topological polar surface area (TPSA) is 75.9 Å². The fourth-order valence-corrected chi connectivity index (χ4v) is 2.05. The number of nitrogens with two attached hydrogens (primary N) is 1. The number of nitrogens with zero attached hydrogens (tertiary/aromatic N) is 2. The fourth-order valence-electron chi connectivity index (χ4n) is 2.05. The summed E-state index contributed by atoms with van der Waals surface area (Å²) in [6.45, 7) is 8.29. The van der Waals surface area contributed by atoms with Crippen molar-refractivity contribution < 1.29 is 14.3 Å². The highest BCUT2D eigenvalue weighted by Crippen LogP contribution is 2.18. The van der Waals surface area contributed by atoms with Crippen LogP contribution in [-0.4, -0.2) is 59.6 Å². The van der Waals surface area contributed by atoms with Gasteiger partial charge in [0.1, 0.15) is 5.60 Å². The molecular weight excluding hydrogens is 246 g/mol. The van der Waals surface area contributed by atoms with Crippen LogP contribution in [0.25, 0.3) is 0 Å². The summed E-state index contributed by atoms with van der Waals surface area (Å²) in [6, 6.07) is -0.494. The number of hydrogen-bond donors (Lipinski definition) is 1. The smallest absolute Gasteiger partial charge is 0.410 e. The molecule has 6 nitrogen and oxygen atoms in total. The summed E-state index contributed by atoms with van der Waals surface area (Å²) in [7, 11) is 1.73. The van der Waals surface area contributed by atoms with Crippen LogP contribution >= 0.6 is 0 Å². The van der Waals surface area contributed by atoms with E-state index in [-0.39, 0.29) is 18.0 Å². The van der Waals surface area contributed by atoms with Gasteiger partial charge in [0.25, 0.3) is 0 Å². The molecule has 2 atom stereocenters. The minimum atomic E-state index is -0.513. The van der Waals surface area contributed by atoms with Crippen LogP contribution in [0.5, 0.6) is 0 Å². The molecule has 0 aromatic rings. The summed E-state index contributed by atoms with van der Waals surface area (Å²) in [6.07, 6.45) is 0.436. The van der Waals surface area contributed by atoms with Crippen LogP contribution in [0.2, 0.25) is 0 Å². The molecule has 2 N–H and O–H groups in total. The number of likely N-dealkylation sites (tertiary alicyclic amines) is 1. The summed E-state index contributed by atoms with van der Waals surface area (Å²) in [4.78, 5) is 27.0. The zero-order valence-electron chi connectivity index (χ0n) is 12.5. The predicted octanol–water partition coefficient (Wildman–Crippen LogP) is 0.801. The Hall–Kier alpha value is -1.30. The van der Waals surface area contributed by atoms with Gasteiger partial charge in [0.05, 0.1) is 12.1 Å². The lowest BCUT2D eigenvalue weighted by Gasteiger charge is -2.27. The Balaban J connectivity index is 2.54. The molecule has 0 saturated carbocycles. The summed E-state index contributed by atoms with van der Waals surface area (Å²) in [5.74, 6) is -0.101. The van der Waals surface area contributed by atoms with Crippen LogP contribution in [0.15, 0.2) is 0 Å². The Kier molecular flexibility index (Phi) is 4.79. The van der Waals surface area contributed by atoms with E-state index in [0.29, 0.717) is 13.1 Å². The van der Waals surface area contributed by atoms with E-state index >= 15 is 0 Å². The number of amides is 2. The molecule has 0 aromatic carbocycles. The van der Waals surface area contributed by atoms with Crippen molar-refractivity contribution in [2.75, 3.05) is 20.1 Å². The van der Waals surface area contributed by atoms with Crippen molar-refractivity contribution in [2.45, 2.75) is 51.8 Å². The van der Waals surface area contributed by atoms with E-state index in [9.17, 15) is 9.59 Å². The molecule has 0 bridgehead atoms. The van der Waals surface area contributed by atoms with Gasteiger partial charge in [0.15, 0.2) is 0 Å². The van der Waals surface area contributed by atoms with Gasteiger partial charge in [-0.3, -0.25) is 4.79 Å². The standard InChI is InChI=1S/C13H25N3O3/c1-9(14)11(17)15(5)10-6-7-16(8-10)12(18)19-13(2,3)4/h9-10H,6-8,14H2,1-5H3/t9-,10-/m0/s1. The predicted molar refractivity (Wildman–Crippen MR) is 72.6 cm³/mol. The number of hydrogen-bond acceptors (Lipinski definition) is 4. The molecule has 0 radical (unpaired) electrons. The SMILES string of the molecule is C[C@H](N)C(=O)N(C)[C@H]1CCN(C(=O)OC(C)(C)C)C1. The third-order valence-electron chi connectivity index (χ3n) is 3.10. The zero-order chi connectivity index (χ0) is 14.8. The Morgan fingerprint density at radius 1 is 1.42 bits per heavy atom. The number of ether oxygens (including phenoxy) is 1. The molecule has 6 heteroatoms. The van der Waals surface area contributed by atoms with Gasteiger partial charge in [0, 0.05) is 20.1 Å². The minimum absolute atomic E-state index is 0.0195. The minimum Gasteiger partial charge on any atom is -0.444 e. The molecule has 2 amide bonds. The maximum atomic E-state index is 11.9. The van der Waals surface area contributed by atoms with Gasteiger partial charge < -0.3 is 20.3 Å². The van der Waals surface area contributed by atoms with Gasteiger partial charge in [-0.15, -0.1) is 0 Å². The van der Waals surface area contributed by atoms with E-state index in [2.05, 4.69) is 0 Å². The van der Waals surface area contributed by atoms with E-state index in [4.69, 9.17) is 10.5 Å². The van der Waals surface area contributed by atoms with Crippen molar-refractivity contribution in [3.8, 4) is 0 Å². The molecule has 19 heavy (non-hydrogen) atoms. The Bertz CT molecular complexity index is 350. The molecule has 1 aliphatic heterocycles. The molecule has 1 fully saturated rings. The molecule has 110 valence electrons. The highest BCUT2D eigenvalue weighted by atomic mass is 16.6. The Morgan fingerprint density at radius 3 is 2.47 bits per heavy atom. The molecule has 1 saturated heterocycles. The first kappa shape index (κ1) is 15.8. The lowest BCUT2D eigenvalue weighted by Crippen LogP contribution is -2.46. The molecule has 0 unspecified atom stereocenters. The van der Waals surface area contributed by atoms with E-state index in [1.165, 1.54) is 0 Å². The van der Waals surface area contributed by atoms with Gasteiger partial charge >= 0.3 is 6.09 Å². The van der Waals surface area contributed by atoms with Crippen LogP contribution in [0.3, 0.4) is 0 Å². The average Bonchev–Trinajstić information content (AvgIpc) is 2.73. The summed E-state index contributed by atoms with van der Waals surface area (Å²) >= 11 is 0.